The third-order valence-electron chi connectivity index (χ3n) is 4.05. The average Bonchev–Trinajstić information content (AvgIpc) is 2.74. The van der Waals surface area contributed by atoms with Crippen molar-refractivity contribution >= 4 is 29.2 Å². The SMILES string of the molecule is COC(=O)C1=C(C(=O)OC)N(c2cc(F)c(Oc3ccnc(Cl)c3)cc2F)COC1. The third-order valence-corrected chi connectivity index (χ3v) is 4.26. The molecule has 0 fully saturated rings. The predicted octanol–water partition coefficient (Wildman–Crippen LogP) is 3.20. The zero-order valence-electron chi connectivity index (χ0n) is 15.8. The Labute approximate surface area is 174 Å². The topological polar surface area (TPSA) is 87.2 Å². The second-order valence-electron chi connectivity index (χ2n) is 5.87. The number of rotatable bonds is 5. The Hall–Kier alpha value is -3.24. The molecule has 0 atom stereocenters. The lowest BCUT2D eigenvalue weighted by Crippen LogP contribution is -2.39. The van der Waals surface area contributed by atoms with Gasteiger partial charge in [-0.25, -0.2) is 23.4 Å². The molecule has 11 heteroatoms. The van der Waals surface area contributed by atoms with Gasteiger partial charge in [-0.3, -0.25) is 0 Å². The van der Waals surface area contributed by atoms with E-state index in [1.807, 2.05) is 0 Å². The number of ether oxygens (including phenoxy) is 4. The lowest BCUT2D eigenvalue weighted by atomic mass is 10.1. The van der Waals surface area contributed by atoms with E-state index in [4.69, 9.17) is 21.1 Å². The molecular weight excluding hydrogens is 426 g/mol. The highest BCUT2D eigenvalue weighted by atomic mass is 35.5. The minimum Gasteiger partial charge on any atom is -0.466 e. The molecule has 1 aliphatic heterocycles. The van der Waals surface area contributed by atoms with Crippen LogP contribution in [0.2, 0.25) is 5.15 Å². The maximum Gasteiger partial charge on any atom is 0.355 e. The molecule has 0 saturated heterocycles. The van der Waals surface area contributed by atoms with Crippen LogP contribution in [0.15, 0.2) is 41.7 Å². The Morgan fingerprint density at radius 3 is 2.53 bits per heavy atom. The van der Waals surface area contributed by atoms with Crippen LogP contribution in [-0.2, 0) is 23.8 Å². The van der Waals surface area contributed by atoms with Crippen molar-refractivity contribution in [3.63, 3.8) is 0 Å². The molecule has 8 nitrogen and oxygen atoms in total. The number of halogens is 3. The first kappa shape index (κ1) is 21.5. The summed E-state index contributed by atoms with van der Waals surface area (Å²) in [4.78, 5) is 29.0. The third kappa shape index (κ3) is 4.34. The smallest absolute Gasteiger partial charge is 0.355 e. The Bertz CT molecular complexity index is 1030. The molecule has 158 valence electrons. The van der Waals surface area contributed by atoms with E-state index in [0.29, 0.717) is 0 Å². The van der Waals surface area contributed by atoms with Crippen molar-refractivity contribution in [3.05, 3.63) is 58.5 Å². The number of benzene rings is 1. The maximum absolute atomic E-state index is 14.9. The number of aromatic nitrogens is 1. The summed E-state index contributed by atoms with van der Waals surface area (Å²) in [6, 6.07) is 4.34. The highest BCUT2D eigenvalue weighted by Crippen LogP contribution is 2.34. The number of anilines is 1. The van der Waals surface area contributed by atoms with Crippen LogP contribution >= 0.6 is 11.6 Å². The van der Waals surface area contributed by atoms with Gasteiger partial charge in [0.1, 0.15) is 23.3 Å². The van der Waals surface area contributed by atoms with Crippen molar-refractivity contribution in [1.82, 2.24) is 4.98 Å². The molecule has 3 rings (SSSR count). The van der Waals surface area contributed by atoms with Gasteiger partial charge in [-0.1, -0.05) is 11.6 Å². The molecule has 30 heavy (non-hydrogen) atoms. The standard InChI is InChI=1S/C19H15ClF2N2O6/c1-27-18(25)11-8-29-9-24(17(11)19(26)28-2)14-6-13(22)15(7-12(14)21)30-10-3-4-23-16(20)5-10/h3-7H,8-9H2,1-2H3. The maximum atomic E-state index is 14.9. The molecule has 1 aliphatic rings. The van der Waals surface area contributed by atoms with Crippen LogP contribution < -0.4 is 9.64 Å². The van der Waals surface area contributed by atoms with Crippen molar-refractivity contribution < 1.29 is 37.3 Å². The van der Waals surface area contributed by atoms with E-state index >= 15 is 0 Å². The molecule has 1 aromatic heterocycles. The first-order chi connectivity index (χ1) is 14.3. The van der Waals surface area contributed by atoms with Crippen molar-refractivity contribution in [2.45, 2.75) is 0 Å². The summed E-state index contributed by atoms with van der Waals surface area (Å²) in [6.07, 6.45) is 1.34. The van der Waals surface area contributed by atoms with Crippen molar-refractivity contribution in [3.8, 4) is 11.5 Å². The minimum absolute atomic E-state index is 0.110. The minimum atomic E-state index is -0.942. The molecular formula is C19H15ClF2N2O6. The molecule has 2 heterocycles. The molecule has 0 saturated carbocycles. The fourth-order valence-electron chi connectivity index (χ4n) is 2.71. The Kier molecular flexibility index (Phi) is 6.48. The second kappa shape index (κ2) is 9.06. The van der Waals surface area contributed by atoms with Crippen LogP contribution in [-0.4, -0.2) is 44.5 Å². The lowest BCUT2D eigenvalue weighted by Gasteiger charge is -2.31. The van der Waals surface area contributed by atoms with Crippen LogP contribution in [0.3, 0.4) is 0 Å². The van der Waals surface area contributed by atoms with Crippen molar-refractivity contribution in [2.24, 2.45) is 0 Å². The van der Waals surface area contributed by atoms with Crippen molar-refractivity contribution in [2.75, 3.05) is 32.5 Å². The van der Waals surface area contributed by atoms with Crippen LogP contribution in [0.25, 0.3) is 0 Å². The predicted molar refractivity (Wildman–Crippen MR) is 100 cm³/mol. The van der Waals surface area contributed by atoms with Crippen molar-refractivity contribution in [1.29, 1.82) is 0 Å². The number of esters is 2. The molecule has 0 radical (unpaired) electrons. The van der Waals surface area contributed by atoms with Crippen LogP contribution in [0.5, 0.6) is 11.5 Å². The van der Waals surface area contributed by atoms with Crippen LogP contribution in [0.4, 0.5) is 14.5 Å². The second-order valence-corrected chi connectivity index (χ2v) is 6.25. The summed E-state index contributed by atoms with van der Waals surface area (Å²) < 4.78 is 49.4. The lowest BCUT2D eigenvalue weighted by molar-refractivity contribution is -0.140. The number of nitrogens with zero attached hydrogens (tertiary/aromatic N) is 2. The molecule has 0 spiro atoms. The van der Waals surface area contributed by atoms with Gasteiger partial charge in [-0.05, 0) is 6.07 Å². The number of hydrogen-bond acceptors (Lipinski definition) is 8. The molecule has 0 unspecified atom stereocenters. The molecule has 2 aromatic rings. The fraction of sp³-hybridized carbons (Fsp3) is 0.211. The van der Waals surface area contributed by atoms with Gasteiger partial charge in [-0.2, -0.15) is 0 Å². The molecule has 0 N–H and O–H groups in total. The van der Waals surface area contributed by atoms with Gasteiger partial charge >= 0.3 is 11.9 Å². The first-order valence-electron chi connectivity index (χ1n) is 8.39. The van der Waals surface area contributed by atoms with Gasteiger partial charge in [-0.15, -0.1) is 0 Å². The van der Waals surface area contributed by atoms with E-state index in [1.165, 1.54) is 18.3 Å². The summed E-state index contributed by atoms with van der Waals surface area (Å²) >= 11 is 5.75. The van der Waals surface area contributed by atoms with E-state index in [-0.39, 0.29) is 41.2 Å². The molecule has 0 bridgehead atoms. The van der Waals surface area contributed by atoms with Gasteiger partial charge in [0, 0.05) is 24.4 Å². The fourth-order valence-corrected chi connectivity index (χ4v) is 2.88. The first-order valence-corrected chi connectivity index (χ1v) is 8.77. The highest BCUT2D eigenvalue weighted by molar-refractivity contribution is 6.29. The van der Waals surface area contributed by atoms with E-state index in [9.17, 15) is 18.4 Å². The summed E-state index contributed by atoms with van der Waals surface area (Å²) in [5.74, 6) is -3.96. The van der Waals surface area contributed by atoms with E-state index in [0.717, 1.165) is 31.3 Å². The summed E-state index contributed by atoms with van der Waals surface area (Å²) in [5.41, 5.74) is -0.875. The summed E-state index contributed by atoms with van der Waals surface area (Å²) in [6.45, 7) is -0.594. The van der Waals surface area contributed by atoms with E-state index < -0.39 is 29.3 Å². The Morgan fingerprint density at radius 1 is 1.13 bits per heavy atom. The highest BCUT2D eigenvalue weighted by Gasteiger charge is 2.34. The number of pyridine rings is 1. The number of hydrogen-bond donors (Lipinski definition) is 0. The molecule has 0 amide bonds. The summed E-state index contributed by atoms with van der Waals surface area (Å²) in [7, 11) is 2.20. The van der Waals surface area contributed by atoms with Crippen LogP contribution in [0.1, 0.15) is 0 Å². The quantitative estimate of drug-likeness (QED) is 0.517. The largest absolute Gasteiger partial charge is 0.466 e. The summed E-state index contributed by atoms with van der Waals surface area (Å²) in [5, 5.41) is 0.110. The number of carbonyl (C=O) groups excluding carboxylic acids is 2. The van der Waals surface area contributed by atoms with E-state index in [1.54, 1.807) is 0 Å². The van der Waals surface area contributed by atoms with E-state index in [2.05, 4.69) is 14.5 Å². The van der Waals surface area contributed by atoms with Crippen LogP contribution in [0, 0.1) is 11.6 Å². The zero-order valence-corrected chi connectivity index (χ0v) is 16.5. The normalized spacial score (nSPS) is 13.8. The van der Waals surface area contributed by atoms with Gasteiger partial charge in [0.15, 0.2) is 17.4 Å². The molecule has 1 aromatic carbocycles. The molecule has 0 aliphatic carbocycles. The Balaban J connectivity index is 2.03. The number of methoxy groups -OCH3 is 2. The van der Waals surface area contributed by atoms with Gasteiger partial charge < -0.3 is 23.8 Å². The number of carbonyl (C=O) groups is 2. The van der Waals surface area contributed by atoms with Gasteiger partial charge in [0.05, 0.1) is 32.1 Å². The Morgan fingerprint density at radius 2 is 1.87 bits per heavy atom. The zero-order chi connectivity index (χ0) is 21.8. The van der Waals surface area contributed by atoms with Gasteiger partial charge in [0.2, 0.25) is 0 Å². The average molecular weight is 441 g/mol. The monoisotopic (exact) mass is 440 g/mol. The van der Waals surface area contributed by atoms with Gasteiger partial charge in [0.25, 0.3) is 0 Å².